The van der Waals surface area contributed by atoms with E-state index in [1.807, 2.05) is 42.5 Å². The lowest BCUT2D eigenvalue weighted by molar-refractivity contribution is 0.562. The fourth-order valence-corrected chi connectivity index (χ4v) is 5.48. The largest absolute Gasteiger partial charge is 0.611 e. The van der Waals surface area contributed by atoms with E-state index < -0.39 is 11.2 Å². The van der Waals surface area contributed by atoms with E-state index in [1.165, 1.54) is 0 Å². The van der Waals surface area contributed by atoms with Crippen molar-refractivity contribution >= 4 is 22.6 Å². The van der Waals surface area contributed by atoms with Crippen LogP contribution in [0.15, 0.2) is 95.9 Å². The first-order valence-electron chi connectivity index (χ1n) is 9.42. The zero-order valence-electron chi connectivity index (χ0n) is 15.4. The molecule has 138 valence electrons. The van der Waals surface area contributed by atoms with Crippen molar-refractivity contribution in [3.63, 3.8) is 0 Å². The Morgan fingerprint density at radius 3 is 1.89 bits per heavy atom. The van der Waals surface area contributed by atoms with Gasteiger partial charge in [0.05, 0.1) is 17.9 Å². The van der Waals surface area contributed by atoms with Crippen LogP contribution in [0.3, 0.4) is 0 Å². The van der Waals surface area contributed by atoms with Gasteiger partial charge in [-0.1, -0.05) is 61.5 Å². The second kappa shape index (κ2) is 8.07. The highest BCUT2D eigenvalue weighted by Crippen LogP contribution is 2.36. The number of benzene rings is 3. The fraction of sp³-hybridized carbons (Fsp3) is 0.217. The molecule has 0 saturated carbocycles. The van der Waals surface area contributed by atoms with E-state index in [0.29, 0.717) is 0 Å². The van der Waals surface area contributed by atoms with Crippen molar-refractivity contribution in [3.8, 4) is 0 Å². The number of hydrogen-bond acceptors (Lipinski definition) is 3. The number of anilines is 2. The number of para-hydroxylation sites is 2. The minimum Gasteiger partial charge on any atom is -0.611 e. The van der Waals surface area contributed by atoms with Crippen molar-refractivity contribution in [3.05, 3.63) is 91.0 Å². The molecule has 3 aromatic carbocycles. The average Bonchev–Trinajstić information content (AvgIpc) is 3.14. The molecule has 1 fully saturated rings. The van der Waals surface area contributed by atoms with Gasteiger partial charge in [0.1, 0.15) is 6.04 Å². The third-order valence-corrected chi connectivity index (χ3v) is 6.85. The van der Waals surface area contributed by atoms with Crippen LogP contribution < -0.4 is 10.0 Å². The quantitative estimate of drug-likeness (QED) is 0.594. The first kappa shape index (κ1) is 18.0. The molecule has 1 heterocycles. The van der Waals surface area contributed by atoms with Gasteiger partial charge < -0.3 is 4.55 Å². The van der Waals surface area contributed by atoms with E-state index in [4.69, 9.17) is 0 Å². The molecule has 0 aliphatic carbocycles. The van der Waals surface area contributed by atoms with Crippen LogP contribution in [-0.2, 0) is 11.2 Å². The second-order valence-electron chi connectivity index (χ2n) is 6.72. The van der Waals surface area contributed by atoms with Gasteiger partial charge in [-0.05, 0) is 54.0 Å². The van der Waals surface area contributed by atoms with Crippen LogP contribution in [0.25, 0.3) is 0 Å². The van der Waals surface area contributed by atoms with E-state index in [-0.39, 0.29) is 11.3 Å². The van der Waals surface area contributed by atoms with Crippen molar-refractivity contribution in [2.24, 2.45) is 0 Å². The minimum absolute atomic E-state index is 0.0396. The summed E-state index contributed by atoms with van der Waals surface area (Å²) < 4.78 is 13.4. The van der Waals surface area contributed by atoms with Crippen molar-refractivity contribution in [2.45, 2.75) is 29.5 Å². The van der Waals surface area contributed by atoms with Crippen molar-refractivity contribution in [2.75, 3.05) is 16.6 Å². The van der Waals surface area contributed by atoms with E-state index >= 15 is 0 Å². The van der Waals surface area contributed by atoms with Crippen LogP contribution >= 0.6 is 0 Å². The monoisotopic (exact) mass is 376 g/mol. The number of hydrogen-bond donors (Lipinski definition) is 0. The van der Waals surface area contributed by atoms with Crippen LogP contribution in [-0.4, -0.2) is 22.4 Å². The molecule has 3 atom stereocenters. The predicted octanol–water partition coefficient (Wildman–Crippen LogP) is 4.88. The summed E-state index contributed by atoms with van der Waals surface area (Å²) in [6.07, 6.45) is 0.932. The van der Waals surface area contributed by atoms with Crippen molar-refractivity contribution < 1.29 is 4.55 Å². The molecule has 0 spiro atoms. The topological polar surface area (TPSA) is 29.5 Å². The van der Waals surface area contributed by atoms with E-state index in [0.717, 1.165) is 29.2 Å². The zero-order valence-corrected chi connectivity index (χ0v) is 16.3. The molecular weight excluding hydrogens is 352 g/mol. The molecule has 0 bridgehead atoms. The lowest BCUT2D eigenvalue weighted by Gasteiger charge is -2.35. The first-order valence-corrected chi connectivity index (χ1v) is 10.6. The molecule has 0 N–H and O–H groups in total. The molecular formula is C23H24N2OS. The SMILES string of the molecule is CCC1C([S+]([O-])c2ccccc2)CN(c2ccccc2)N1c1ccccc1. The molecule has 1 saturated heterocycles. The van der Waals surface area contributed by atoms with Crippen LogP contribution in [0.1, 0.15) is 13.3 Å². The molecule has 1 aliphatic heterocycles. The van der Waals surface area contributed by atoms with Gasteiger partial charge in [0.2, 0.25) is 0 Å². The van der Waals surface area contributed by atoms with Crippen LogP contribution in [0, 0.1) is 0 Å². The third kappa shape index (κ3) is 3.55. The normalized spacial score (nSPS) is 20.7. The smallest absolute Gasteiger partial charge is 0.162 e. The average molecular weight is 377 g/mol. The number of nitrogens with zero attached hydrogens (tertiary/aromatic N) is 2. The van der Waals surface area contributed by atoms with Crippen molar-refractivity contribution in [1.82, 2.24) is 0 Å². The molecule has 4 rings (SSSR count). The maximum absolute atomic E-state index is 13.4. The van der Waals surface area contributed by atoms with E-state index in [2.05, 4.69) is 65.5 Å². The summed E-state index contributed by atoms with van der Waals surface area (Å²) >= 11 is -1.06. The Morgan fingerprint density at radius 2 is 1.33 bits per heavy atom. The van der Waals surface area contributed by atoms with Crippen LogP contribution in [0.2, 0.25) is 0 Å². The molecule has 0 radical (unpaired) electrons. The molecule has 0 aromatic heterocycles. The Kier molecular flexibility index (Phi) is 5.37. The van der Waals surface area contributed by atoms with Gasteiger partial charge in [0.25, 0.3) is 0 Å². The molecule has 3 aromatic rings. The maximum atomic E-state index is 13.4. The molecule has 3 unspecified atom stereocenters. The zero-order chi connectivity index (χ0) is 18.6. The summed E-state index contributed by atoms with van der Waals surface area (Å²) in [7, 11) is 0. The number of hydrazine groups is 1. The van der Waals surface area contributed by atoms with Gasteiger partial charge in [-0.15, -0.1) is 0 Å². The van der Waals surface area contributed by atoms with Gasteiger partial charge in [-0.2, -0.15) is 0 Å². The van der Waals surface area contributed by atoms with Gasteiger partial charge in [0.15, 0.2) is 10.1 Å². The highest BCUT2D eigenvalue weighted by Gasteiger charge is 2.46. The predicted molar refractivity (Wildman–Crippen MR) is 113 cm³/mol. The first-order chi connectivity index (χ1) is 13.3. The maximum Gasteiger partial charge on any atom is 0.162 e. The third-order valence-electron chi connectivity index (χ3n) is 5.10. The standard InChI is InChI=1S/C23H24N2OS/c1-2-22-23(27(26)21-16-10-5-11-17-21)18-24(19-12-6-3-7-13-19)25(22)20-14-8-4-9-15-20/h3-17,22-23H,2,18H2,1H3. The fourth-order valence-electron chi connectivity index (χ4n) is 3.83. The lowest BCUT2D eigenvalue weighted by Crippen LogP contribution is -2.43. The van der Waals surface area contributed by atoms with E-state index in [9.17, 15) is 4.55 Å². The molecule has 4 heteroatoms. The minimum atomic E-state index is -1.06. The second-order valence-corrected chi connectivity index (χ2v) is 8.39. The molecule has 1 aliphatic rings. The molecule has 27 heavy (non-hydrogen) atoms. The molecule has 0 amide bonds. The van der Waals surface area contributed by atoms with E-state index in [1.54, 1.807) is 0 Å². The van der Waals surface area contributed by atoms with Gasteiger partial charge >= 0.3 is 0 Å². The van der Waals surface area contributed by atoms with Gasteiger partial charge in [-0.25, -0.2) is 0 Å². The lowest BCUT2D eigenvalue weighted by atomic mass is 10.1. The summed E-state index contributed by atoms with van der Waals surface area (Å²) in [5.74, 6) is 0. The van der Waals surface area contributed by atoms with Gasteiger partial charge in [0, 0.05) is 0 Å². The Morgan fingerprint density at radius 1 is 0.815 bits per heavy atom. The Bertz CT molecular complexity index is 844. The summed E-state index contributed by atoms with van der Waals surface area (Å²) in [5.41, 5.74) is 2.27. The van der Waals surface area contributed by atoms with Crippen LogP contribution in [0.5, 0.6) is 0 Å². The summed E-state index contributed by atoms with van der Waals surface area (Å²) in [6, 6.07) is 30.8. The molecule has 3 nitrogen and oxygen atoms in total. The highest BCUT2D eigenvalue weighted by atomic mass is 32.2. The van der Waals surface area contributed by atoms with Gasteiger partial charge in [-0.3, -0.25) is 10.0 Å². The highest BCUT2D eigenvalue weighted by molar-refractivity contribution is 7.92. The Hall–Kier alpha value is -2.43. The summed E-state index contributed by atoms with van der Waals surface area (Å²) in [6.45, 7) is 2.92. The Balaban J connectivity index is 1.74. The van der Waals surface area contributed by atoms with Crippen molar-refractivity contribution in [1.29, 1.82) is 0 Å². The summed E-state index contributed by atoms with van der Waals surface area (Å²) in [5, 5.41) is 4.66. The number of rotatable bonds is 5. The van der Waals surface area contributed by atoms with Crippen LogP contribution in [0.4, 0.5) is 11.4 Å². The Labute approximate surface area is 164 Å². The summed E-state index contributed by atoms with van der Waals surface area (Å²) in [4.78, 5) is 0.906.